The molecule has 0 aliphatic carbocycles. The zero-order chi connectivity index (χ0) is 16.3. The van der Waals surface area contributed by atoms with Crippen molar-refractivity contribution in [2.24, 2.45) is 0 Å². The lowest BCUT2D eigenvalue weighted by molar-refractivity contribution is 0.589. The van der Waals surface area contributed by atoms with E-state index in [9.17, 15) is 8.42 Å². The molecular formula is C19H21NO2S. The largest absolute Gasteiger partial charge is 0.268 e. The van der Waals surface area contributed by atoms with Gasteiger partial charge in [-0.2, -0.15) is 0 Å². The third-order valence-corrected chi connectivity index (χ3v) is 5.80. The fourth-order valence-electron chi connectivity index (χ4n) is 2.89. The Hall–Kier alpha value is -2.07. The second kappa shape index (κ2) is 6.59. The van der Waals surface area contributed by atoms with Gasteiger partial charge in [-0.05, 0) is 36.6 Å². The number of unbranched alkanes of at least 4 members (excludes halogenated alkanes) is 2. The quantitative estimate of drug-likeness (QED) is 0.620. The molecule has 4 heteroatoms. The van der Waals surface area contributed by atoms with Gasteiger partial charge >= 0.3 is 0 Å². The van der Waals surface area contributed by atoms with Gasteiger partial charge in [-0.3, -0.25) is 0 Å². The average molecular weight is 327 g/mol. The second-order valence-corrected chi connectivity index (χ2v) is 7.56. The Morgan fingerprint density at radius 3 is 2.35 bits per heavy atom. The zero-order valence-electron chi connectivity index (χ0n) is 13.3. The summed E-state index contributed by atoms with van der Waals surface area (Å²) in [5, 5.41) is 1.03. The first kappa shape index (κ1) is 15.8. The number of fused-ring (bicyclic) bond motifs is 1. The van der Waals surface area contributed by atoms with Crippen molar-refractivity contribution in [2.75, 3.05) is 0 Å². The molecule has 0 fully saturated rings. The van der Waals surface area contributed by atoms with E-state index in [1.807, 2.05) is 30.3 Å². The molecule has 0 radical (unpaired) electrons. The van der Waals surface area contributed by atoms with Gasteiger partial charge in [0.2, 0.25) is 0 Å². The molecule has 3 rings (SSSR count). The van der Waals surface area contributed by atoms with E-state index in [2.05, 4.69) is 6.92 Å². The molecule has 1 aromatic heterocycles. The smallest absolute Gasteiger partial charge is 0.241 e. The minimum Gasteiger partial charge on any atom is -0.241 e. The van der Waals surface area contributed by atoms with Gasteiger partial charge in [-0.1, -0.05) is 56.2 Å². The monoisotopic (exact) mass is 327 g/mol. The summed E-state index contributed by atoms with van der Waals surface area (Å²) in [6.45, 7) is 2.17. The molecule has 23 heavy (non-hydrogen) atoms. The number of para-hydroxylation sites is 1. The number of nitrogens with zero attached hydrogens (tertiary/aromatic N) is 1. The van der Waals surface area contributed by atoms with Crippen molar-refractivity contribution in [3.63, 3.8) is 0 Å². The van der Waals surface area contributed by atoms with Crippen LogP contribution in [0.3, 0.4) is 0 Å². The highest BCUT2D eigenvalue weighted by Gasteiger charge is 2.20. The van der Waals surface area contributed by atoms with Crippen molar-refractivity contribution in [1.82, 2.24) is 3.97 Å². The Kier molecular flexibility index (Phi) is 4.53. The first-order valence-electron chi connectivity index (χ1n) is 8.04. The molecule has 3 nitrogen and oxygen atoms in total. The second-order valence-electron chi connectivity index (χ2n) is 5.74. The van der Waals surface area contributed by atoms with E-state index in [-0.39, 0.29) is 0 Å². The molecule has 0 aliphatic heterocycles. The number of aryl methyl sites for hydroxylation is 1. The van der Waals surface area contributed by atoms with Gasteiger partial charge in [-0.15, -0.1) is 0 Å². The van der Waals surface area contributed by atoms with Gasteiger partial charge in [-0.25, -0.2) is 12.4 Å². The van der Waals surface area contributed by atoms with E-state index in [1.54, 1.807) is 30.5 Å². The van der Waals surface area contributed by atoms with Crippen LogP contribution in [0.4, 0.5) is 0 Å². The molecule has 1 heterocycles. The van der Waals surface area contributed by atoms with Crippen molar-refractivity contribution in [3.05, 3.63) is 66.4 Å². The van der Waals surface area contributed by atoms with Crippen LogP contribution in [0.2, 0.25) is 0 Å². The van der Waals surface area contributed by atoms with E-state index < -0.39 is 10.0 Å². The summed E-state index contributed by atoms with van der Waals surface area (Å²) in [7, 11) is -3.56. The van der Waals surface area contributed by atoms with Crippen molar-refractivity contribution in [2.45, 2.75) is 37.5 Å². The SMILES string of the molecule is CCCCCc1cn(S(=O)(=O)c2ccccc2)c2ccccc12. The highest BCUT2D eigenvalue weighted by Crippen LogP contribution is 2.27. The lowest BCUT2D eigenvalue weighted by Crippen LogP contribution is -2.11. The number of hydrogen-bond donors (Lipinski definition) is 0. The number of benzene rings is 2. The lowest BCUT2D eigenvalue weighted by Gasteiger charge is -2.07. The molecule has 2 aromatic carbocycles. The topological polar surface area (TPSA) is 39.1 Å². The summed E-state index contributed by atoms with van der Waals surface area (Å²) < 4.78 is 27.3. The zero-order valence-corrected chi connectivity index (χ0v) is 14.1. The number of hydrogen-bond acceptors (Lipinski definition) is 2. The molecule has 0 saturated heterocycles. The normalized spacial score (nSPS) is 11.9. The highest BCUT2D eigenvalue weighted by molar-refractivity contribution is 7.90. The van der Waals surface area contributed by atoms with Crippen LogP contribution in [0, 0.1) is 0 Å². The molecule has 0 spiro atoms. The summed E-state index contributed by atoms with van der Waals surface area (Å²) in [4.78, 5) is 0.320. The van der Waals surface area contributed by atoms with Gasteiger partial charge in [0, 0.05) is 11.6 Å². The van der Waals surface area contributed by atoms with Gasteiger partial charge in [0.05, 0.1) is 10.4 Å². The molecule has 0 atom stereocenters. The van der Waals surface area contributed by atoms with Crippen molar-refractivity contribution in [1.29, 1.82) is 0 Å². The highest BCUT2D eigenvalue weighted by atomic mass is 32.2. The summed E-state index contributed by atoms with van der Waals surface area (Å²) in [5.41, 5.74) is 1.86. The van der Waals surface area contributed by atoms with Gasteiger partial charge in [0.25, 0.3) is 10.0 Å². The minimum absolute atomic E-state index is 0.320. The van der Waals surface area contributed by atoms with Crippen LogP contribution < -0.4 is 0 Å². The maximum atomic E-state index is 13.0. The van der Waals surface area contributed by atoms with Gasteiger partial charge < -0.3 is 0 Å². The van der Waals surface area contributed by atoms with E-state index >= 15 is 0 Å². The maximum Gasteiger partial charge on any atom is 0.268 e. The van der Waals surface area contributed by atoms with Crippen LogP contribution in [0.5, 0.6) is 0 Å². The standard InChI is InChI=1S/C19H21NO2S/c1-2-3-5-10-16-15-20(19-14-9-8-13-18(16)19)23(21,22)17-11-6-4-7-12-17/h4,6-9,11-15H,2-3,5,10H2,1H3. The lowest BCUT2D eigenvalue weighted by atomic mass is 10.1. The fourth-order valence-corrected chi connectivity index (χ4v) is 4.30. The molecular weight excluding hydrogens is 306 g/mol. The average Bonchev–Trinajstić information content (AvgIpc) is 2.96. The third kappa shape index (κ3) is 3.04. The van der Waals surface area contributed by atoms with Crippen molar-refractivity contribution in [3.8, 4) is 0 Å². The Morgan fingerprint density at radius 1 is 0.913 bits per heavy atom. The molecule has 0 saturated carbocycles. The van der Waals surface area contributed by atoms with Crippen LogP contribution in [-0.4, -0.2) is 12.4 Å². The molecule has 0 unspecified atom stereocenters. The van der Waals surface area contributed by atoms with Crippen LogP contribution in [0.15, 0.2) is 65.7 Å². The molecule has 0 aliphatic rings. The van der Waals surface area contributed by atoms with Crippen molar-refractivity contribution >= 4 is 20.9 Å². The van der Waals surface area contributed by atoms with Crippen molar-refractivity contribution < 1.29 is 8.42 Å². The Labute approximate surface area is 137 Å². The summed E-state index contributed by atoms with van der Waals surface area (Å²) >= 11 is 0. The van der Waals surface area contributed by atoms with Gasteiger partial charge in [0.15, 0.2) is 0 Å². The third-order valence-electron chi connectivity index (χ3n) is 4.11. The number of aromatic nitrogens is 1. The Morgan fingerprint density at radius 2 is 1.61 bits per heavy atom. The summed E-state index contributed by atoms with van der Waals surface area (Å²) in [6.07, 6.45) is 6.09. The van der Waals surface area contributed by atoms with Crippen LogP contribution in [-0.2, 0) is 16.4 Å². The van der Waals surface area contributed by atoms with Crippen LogP contribution >= 0.6 is 0 Å². The fraction of sp³-hybridized carbons (Fsp3) is 0.263. The van der Waals surface area contributed by atoms with Crippen LogP contribution in [0.1, 0.15) is 31.7 Å². The minimum atomic E-state index is -3.56. The first-order chi connectivity index (χ1) is 11.1. The maximum absolute atomic E-state index is 13.0. The van der Waals surface area contributed by atoms with E-state index in [0.29, 0.717) is 4.90 Å². The molecule has 0 N–H and O–H groups in total. The van der Waals surface area contributed by atoms with E-state index in [0.717, 1.165) is 42.1 Å². The summed E-state index contributed by atoms with van der Waals surface area (Å²) in [5.74, 6) is 0. The van der Waals surface area contributed by atoms with E-state index in [1.165, 1.54) is 3.97 Å². The van der Waals surface area contributed by atoms with Gasteiger partial charge in [0.1, 0.15) is 0 Å². The molecule has 0 bridgehead atoms. The number of rotatable bonds is 6. The summed E-state index contributed by atoms with van der Waals surface area (Å²) in [6, 6.07) is 16.3. The Bertz CT molecular complexity index is 896. The van der Waals surface area contributed by atoms with Crippen LogP contribution in [0.25, 0.3) is 10.9 Å². The molecule has 0 amide bonds. The first-order valence-corrected chi connectivity index (χ1v) is 9.48. The predicted molar refractivity (Wildman–Crippen MR) is 94.2 cm³/mol. The molecule has 3 aromatic rings. The Balaban J connectivity index is 2.11. The predicted octanol–water partition coefficient (Wildman–Crippen LogP) is 4.61. The molecule has 120 valence electrons. The van der Waals surface area contributed by atoms with E-state index in [4.69, 9.17) is 0 Å².